The minimum Gasteiger partial charge on any atom is -0.460 e. The van der Waals surface area contributed by atoms with E-state index in [0.717, 1.165) is 22.8 Å². The summed E-state index contributed by atoms with van der Waals surface area (Å²) in [7, 11) is 0. The molecule has 146 valence electrons. The zero-order chi connectivity index (χ0) is 20.2. The molecule has 27 heavy (non-hydrogen) atoms. The third kappa shape index (κ3) is 4.78. The minimum absolute atomic E-state index is 0.370. The van der Waals surface area contributed by atoms with Crippen LogP contribution >= 0.6 is 23.4 Å². The molecule has 0 fully saturated rings. The maximum atomic E-state index is 9.02. The van der Waals surface area contributed by atoms with Gasteiger partial charge in [0.25, 0.3) is 0 Å². The lowest BCUT2D eigenvalue weighted by Crippen LogP contribution is -2.30. The average Bonchev–Trinajstić information content (AvgIpc) is 2.61. The van der Waals surface area contributed by atoms with Gasteiger partial charge in [0.05, 0.1) is 10.9 Å². The number of ether oxygens (including phenoxy) is 1. The van der Waals surface area contributed by atoms with E-state index in [0.29, 0.717) is 23.4 Å². The number of rotatable bonds is 8. The highest BCUT2D eigenvalue weighted by Gasteiger charge is 2.31. The van der Waals surface area contributed by atoms with Crippen molar-refractivity contribution >= 4 is 34.1 Å². The molecule has 0 spiro atoms. The molecule has 0 aliphatic heterocycles. The van der Waals surface area contributed by atoms with Crippen molar-refractivity contribution in [2.45, 2.75) is 57.9 Å². The first-order chi connectivity index (χ1) is 12.7. The molecular formula is C19H26ClN5OS. The lowest BCUT2D eigenvalue weighted by molar-refractivity contribution is 0.154. The normalized spacial score (nSPS) is 15.9. The number of azide groups is 1. The Morgan fingerprint density at radius 2 is 2.00 bits per heavy atom. The second-order valence-electron chi connectivity index (χ2n) is 7.38. The summed E-state index contributed by atoms with van der Waals surface area (Å²) in [5.41, 5.74) is 9.09. The van der Waals surface area contributed by atoms with E-state index in [1.165, 1.54) is 0 Å². The van der Waals surface area contributed by atoms with Crippen LogP contribution in [0.15, 0.2) is 23.6 Å². The maximum absolute atomic E-state index is 9.02. The standard InChI is InChI=1S/C19H26ClN5OS/c1-7-18(4,24-25-21)15-11-23-17(14-10-22-16(20)8-13(14)15)26-19(5,27-6)9-12(2)3/h8,10-12H,7,9H2,1-6H3. The number of hydrogen-bond acceptors (Lipinski definition) is 5. The fourth-order valence-corrected chi connectivity index (χ4v) is 3.94. The van der Waals surface area contributed by atoms with Crippen molar-refractivity contribution in [2.24, 2.45) is 11.0 Å². The topological polar surface area (TPSA) is 83.8 Å². The van der Waals surface area contributed by atoms with Gasteiger partial charge in [0.15, 0.2) is 4.93 Å². The van der Waals surface area contributed by atoms with Crippen molar-refractivity contribution < 1.29 is 4.74 Å². The Kier molecular flexibility index (Phi) is 6.84. The van der Waals surface area contributed by atoms with Crippen molar-refractivity contribution in [1.29, 1.82) is 0 Å². The van der Waals surface area contributed by atoms with Gasteiger partial charge in [-0.2, -0.15) is 0 Å². The number of hydrogen-bond donors (Lipinski definition) is 0. The Morgan fingerprint density at radius 1 is 1.30 bits per heavy atom. The van der Waals surface area contributed by atoms with E-state index in [9.17, 15) is 0 Å². The molecule has 0 aliphatic rings. The average molecular weight is 408 g/mol. The molecule has 0 aliphatic carbocycles. The second-order valence-corrected chi connectivity index (χ2v) is 9.04. The molecule has 0 radical (unpaired) electrons. The number of thioether (sulfide) groups is 1. The van der Waals surface area contributed by atoms with Gasteiger partial charge in [-0.15, -0.1) is 11.8 Å². The molecule has 2 aromatic rings. The molecule has 2 aromatic heterocycles. The van der Waals surface area contributed by atoms with Crippen LogP contribution in [0.2, 0.25) is 5.15 Å². The summed E-state index contributed by atoms with van der Waals surface area (Å²) < 4.78 is 6.34. The van der Waals surface area contributed by atoms with Crippen LogP contribution in [0.3, 0.4) is 0 Å². The van der Waals surface area contributed by atoms with E-state index >= 15 is 0 Å². The Morgan fingerprint density at radius 3 is 2.56 bits per heavy atom. The molecule has 0 aromatic carbocycles. The molecule has 0 bridgehead atoms. The predicted molar refractivity (Wildman–Crippen MR) is 113 cm³/mol. The first-order valence-corrected chi connectivity index (χ1v) is 10.5. The van der Waals surface area contributed by atoms with Gasteiger partial charge in [0, 0.05) is 17.3 Å². The van der Waals surface area contributed by atoms with Gasteiger partial charge in [-0.25, -0.2) is 9.97 Å². The van der Waals surface area contributed by atoms with Crippen molar-refractivity contribution in [3.05, 3.63) is 39.6 Å². The van der Waals surface area contributed by atoms with Crippen LogP contribution in [0, 0.1) is 5.92 Å². The fourth-order valence-electron chi connectivity index (χ4n) is 3.12. The first kappa shape index (κ1) is 21.6. The summed E-state index contributed by atoms with van der Waals surface area (Å²) in [5, 5.41) is 5.98. The number of pyridine rings is 2. The van der Waals surface area contributed by atoms with E-state index in [4.69, 9.17) is 21.9 Å². The Hall–Kier alpha value is -1.69. The van der Waals surface area contributed by atoms with Crippen LogP contribution in [0.1, 0.15) is 53.0 Å². The molecular weight excluding hydrogens is 382 g/mol. The molecule has 8 heteroatoms. The van der Waals surface area contributed by atoms with Crippen LogP contribution < -0.4 is 4.74 Å². The summed E-state index contributed by atoms with van der Waals surface area (Å²) in [4.78, 5) is 11.4. The van der Waals surface area contributed by atoms with Gasteiger partial charge < -0.3 is 4.74 Å². The van der Waals surface area contributed by atoms with E-state index in [-0.39, 0.29) is 0 Å². The molecule has 2 atom stereocenters. The van der Waals surface area contributed by atoms with Gasteiger partial charge in [-0.1, -0.05) is 37.5 Å². The molecule has 0 saturated carbocycles. The van der Waals surface area contributed by atoms with Gasteiger partial charge in [0.2, 0.25) is 5.88 Å². The predicted octanol–water partition coefficient (Wildman–Crippen LogP) is 6.72. The third-order valence-electron chi connectivity index (χ3n) is 4.76. The summed E-state index contributed by atoms with van der Waals surface area (Å²) in [6, 6.07) is 1.78. The lowest BCUT2D eigenvalue weighted by Gasteiger charge is -2.31. The van der Waals surface area contributed by atoms with Crippen molar-refractivity contribution in [3.63, 3.8) is 0 Å². The Labute approximate surface area is 169 Å². The summed E-state index contributed by atoms with van der Waals surface area (Å²) >= 11 is 7.82. The highest BCUT2D eigenvalue weighted by atomic mass is 35.5. The van der Waals surface area contributed by atoms with Gasteiger partial charge in [-0.3, -0.25) is 0 Å². The lowest BCUT2D eigenvalue weighted by atomic mass is 9.88. The summed E-state index contributed by atoms with van der Waals surface area (Å²) in [6.45, 7) is 10.3. The molecule has 0 N–H and O–H groups in total. The van der Waals surface area contributed by atoms with Crippen LogP contribution in [0.5, 0.6) is 5.88 Å². The summed E-state index contributed by atoms with van der Waals surface area (Å²) in [5.74, 6) is 0.990. The molecule has 2 heterocycles. The van der Waals surface area contributed by atoms with Crippen molar-refractivity contribution in [2.75, 3.05) is 6.26 Å². The number of fused-ring (bicyclic) bond motifs is 1. The zero-order valence-electron chi connectivity index (χ0n) is 16.7. The van der Waals surface area contributed by atoms with Crippen molar-refractivity contribution in [3.8, 4) is 5.88 Å². The van der Waals surface area contributed by atoms with Gasteiger partial charge in [0.1, 0.15) is 5.15 Å². The monoisotopic (exact) mass is 407 g/mol. The molecule has 2 rings (SSSR count). The van der Waals surface area contributed by atoms with Crippen LogP contribution in [-0.4, -0.2) is 21.2 Å². The van der Waals surface area contributed by atoms with E-state index in [1.54, 1.807) is 30.2 Å². The van der Waals surface area contributed by atoms with Gasteiger partial charge in [-0.05, 0) is 61.4 Å². The van der Waals surface area contributed by atoms with E-state index in [2.05, 4.69) is 40.8 Å². The number of halogens is 1. The minimum atomic E-state index is -0.732. The maximum Gasteiger partial charge on any atom is 0.224 e. The highest BCUT2D eigenvalue weighted by molar-refractivity contribution is 7.99. The largest absolute Gasteiger partial charge is 0.460 e. The molecule has 0 amide bonds. The molecule has 6 nitrogen and oxygen atoms in total. The second kappa shape index (κ2) is 8.55. The first-order valence-electron chi connectivity index (χ1n) is 8.93. The van der Waals surface area contributed by atoms with Crippen LogP contribution in [-0.2, 0) is 5.54 Å². The van der Waals surface area contributed by atoms with E-state index in [1.807, 2.05) is 20.1 Å². The van der Waals surface area contributed by atoms with Gasteiger partial charge >= 0.3 is 0 Å². The zero-order valence-corrected chi connectivity index (χ0v) is 18.2. The van der Waals surface area contributed by atoms with E-state index < -0.39 is 10.5 Å². The van der Waals surface area contributed by atoms with Crippen molar-refractivity contribution in [1.82, 2.24) is 9.97 Å². The SMILES string of the molecule is CCC(C)(N=[N+]=[N-])c1cnc(OC(C)(CC(C)C)SC)c2cnc(Cl)cc12. The third-order valence-corrected chi connectivity index (χ3v) is 6.08. The smallest absolute Gasteiger partial charge is 0.224 e. The fraction of sp³-hybridized carbons (Fsp3) is 0.579. The highest BCUT2D eigenvalue weighted by Crippen LogP contribution is 2.40. The number of aromatic nitrogens is 2. The molecule has 0 saturated heterocycles. The summed E-state index contributed by atoms with van der Waals surface area (Å²) in [6.07, 6.45) is 6.94. The Balaban J connectivity index is 2.66. The quantitative estimate of drug-likeness (QED) is 0.160. The Bertz CT molecular complexity index is 871. The van der Waals surface area contributed by atoms with Crippen LogP contribution in [0.25, 0.3) is 21.2 Å². The molecule has 2 unspecified atom stereocenters. The van der Waals surface area contributed by atoms with Crippen LogP contribution in [0.4, 0.5) is 0 Å². The number of nitrogens with zero attached hydrogens (tertiary/aromatic N) is 5.